The zero-order valence-corrected chi connectivity index (χ0v) is 11.0. The van der Waals surface area contributed by atoms with Crippen LogP contribution < -0.4 is 0 Å². The van der Waals surface area contributed by atoms with Crippen LogP contribution >= 0.6 is 0 Å². The van der Waals surface area contributed by atoms with Gasteiger partial charge in [0.15, 0.2) is 0 Å². The van der Waals surface area contributed by atoms with Crippen molar-refractivity contribution in [2.75, 3.05) is 0 Å². The van der Waals surface area contributed by atoms with Crippen LogP contribution in [0, 0.1) is 12.3 Å². The highest BCUT2D eigenvalue weighted by Gasteiger charge is 2.40. The van der Waals surface area contributed by atoms with Crippen LogP contribution in [0.4, 0.5) is 0 Å². The smallest absolute Gasteiger partial charge is 0.0154 e. The van der Waals surface area contributed by atoms with Gasteiger partial charge < -0.3 is 0 Å². The zero-order chi connectivity index (χ0) is 11.7. The molecule has 3 rings (SSSR count). The van der Waals surface area contributed by atoms with E-state index in [4.69, 9.17) is 0 Å². The summed E-state index contributed by atoms with van der Waals surface area (Å²) in [5, 5.41) is 0. The highest BCUT2D eigenvalue weighted by atomic mass is 14.4. The summed E-state index contributed by atoms with van der Waals surface area (Å²) < 4.78 is 0. The normalized spacial score (nSPS) is 27.5. The van der Waals surface area contributed by atoms with E-state index in [1.807, 2.05) is 0 Å². The van der Waals surface area contributed by atoms with Crippen LogP contribution in [0.1, 0.15) is 68.4 Å². The Bertz CT molecular complexity index is 385. The molecule has 0 aromatic heterocycles. The van der Waals surface area contributed by atoms with Gasteiger partial charge in [-0.1, -0.05) is 43.5 Å². The second-order valence-electron chi connectivity index (χ2n) is 6.36. The first-order chi connectivity index (χ1) is 8.29. The van der Waals surface area contributed by atoms with E-state index in [1.165, 1.54) is 56.9 Å². The second-order valence-corrected chi connectivity index (χ2v) is 6.36. The molecule has 0 nitrogen and oxygen atoms in total. The van der Waals surface area contributed by atoms with Gasteiger partial charge in [0.2, 0.25) is 0 Å². The number of rotatable bonds is 1. The summed E-state index contributed by atoms with van der Waals surface area (Å²) in [5.41, 5.74) is 3.88. The summed E-state index contributed by atoms with van der Waals surface area (Å²) in [5.74, 6) is 0.856. The Morgan fingerprint density at radius 2 is 1.76 bits per heavy atom. The van der Waals surface area contributed by atoms with E-state index in [2.05, 4.69) is 31.2 Å². The third-order valence-corrected chi connectivity index (χ3v) is 5.25. The molecule has 1 unspecified atom stereocenters. The number of hydrogen-bond donors (Lipinski definition) is 0. The number of benzene rings is 1. The molecule has 2 fully saturated rings. The Morgan fingerprint density at radius 1 is 1.00 bits per heavy atom. The molecule has 0 heterocycles. The van der Waals surface area contributed by atoms with Crippen molar-refractivity contribution in [3.63, 3.8) is 0 Å². The summed E-state index contributed by atoms with van der Waals surface area (Å²) in [6, 6.07) is 9.03. The van der Waals surface area contributed by atoms with E-state index in [1.54, 1.807) is 5.56 Å². The van der Waals surface area contributed by atoms with Crippen molar-refractivity contribution < 1.29 is 0 Å². The molecule has 92 valence electrons. The summed E-state index contributed by atoms with van der Waals surface area (Å²) in [4.78, 5) is 0. The number of hydrogen-bond acceptors (Lipinski definition) is 0. The largest absolute Gasteiger partial charge is 0.0620 e. The average Bonchev–Trinajstić information content (AvgIpc) is 2.74. The van der Waals surface area contributed by atoms with Crippen LogP contribution in [0.5, 0.6) is 0 Å². The molecule has 0 N–H and O–H groups in total. The summed E-state index contributed by atoms with van der Waals surface area (Å²) in [6.45, 7) is 2.28. The molecule has 0 saturated heterocycles. The molecule has 1 atom stereocenters. The molecule has 2 aliphatic rings. The molecule has 1 aromatic rings. The average molecular weight is 228 g/mol. The van der Waals surface area contributed by atoms with Crippen LogP contribution in [0.3, 0.4) is 0 Å². The Kier molecular flexibility index (Phi) is 2.98. The predicted molar refractivity (Wildman–Crippen MR) is 73.3 cm³/mol. The van der Waals surface area contributed by atoms with Crippen molar-refractivity contribution in [3.05, 3.63) is 35.4 Å². The lowest BCUT2D eigenvalue weighted by atomic mass is 9.72. The lowest BCUT2D eigenvalue weighted by Gasteiger charge is -2.33. The molecule has 0 radical (unpaired) electrons. The highest BCUT2D eigenvalue weighted by molar-refractivity contribution is 5.30. The number of aryl methyl sites for hydroxylation is 1. The van der Waals surface area contributed by atoms with Gasteiger partial charge in [-0.15, -0.1) is 0 Å². The first kappa shape index (κ1) is 11.3. The van der Waals surface area contributed by atoms with E-state index in [0.29, 0.717) is 0 Å². The van der Waals surface area contributed by atoms with Crippen molar-refractivity contribution >= 4 is 0 Å². The van der Waals surface area contributed by atoms with Gasteiger partial charge in [-0.3, -0.25) is 0 Å². The van der Waals surface area contributed by atoms with Crippen molar-refractivity contribution in [1.29, 1.82) is 0 Å². The molecular weight excluding hydrogens is 204 g/mol. The van der Waals surface area contributed by atoms with Crippen molar-refractivity contribution in [2.24, 2.45) is 5.41 Å². The van der Waals surface area contributed by atoms with Crippen molar-refractivity contribution in [1.82, 2.24) is 0 Å². The lowest BCUT2D eigenvalue weighted by Crippen LogP contribution is -2.20. The molecule has 1 aromatic carbocycles. The molecule has 0 amide bonds. The van der Waals surface area contributed by atoms with Crippen molar-refractivity contribution in [2.45, 2.75) is 64.2 Å². The zero-order valence-electron chi connectivity index (χ0n) is 11.0. The minimum Gasteiger partial charge on any atom is -0.0620 e. The first-order valence-corrected chi connectivity index (χ1v) is 7.35. The van der Waals surface area contributed by atoms with Gasteiger partial charge in [-0.05, 0) is 61.5 Å². The molecule has 0 bridgehead atoms. The summed E-state index contributed by atoms with van der Waals surface area (Å²) >= 11 is 0. The molecule has 1 spiro atoms. The fourth-order valence-electron chi connectivity index (χ4n) is 4.27. The van der Waals surface area contributed by atoms with Gasteiger partial charge in [0.1, 0.15) is 0 Å². The van der Waals surface area contributed by atoms with E-state index in [9.17, 15) is 0 Å². The maximum Gasteiger partial charge on any atom is -0.0154 e. The van der Waals surface area contributed by atoms with E-state index < -0.39 is 0 Å². The van der Waals surface area contributed by atoms with Crippen LogP contribution in [0.25, 0.3) is 0 Å². The topological polar surface area (TPSA) is 0 Å². The first-order valence-electron chi connectivity index (χ1n) is 7.35. The van der Waals surface area contributed by atoms with Crippen LogP contribution in [0.15, 0.2) is 24.3 Å². The van der Waals surface area contributed by atoms with E-state index in [0.717, 1.165) is 11.3 Å². The lowest BCUT2D eigenvalue weighted by molar-refractivity contribution is 0.194. The van der Waals surface area contributed by atoms with Gasteiger partial charge in [-0.2, -0.15) is 0 Å². The molecule has 0 aliphatic heterocycles. The van der Waals surface area contributed by atoms with Gasteiger partial charge in [0.25, 0.3) is 0 Å². The molecule has 17 heavy (non-hydrogen) atoms. The minimum atomic E-state index is 0.741. The fourth-order valence-corrected chi connectivity index (χ4v) is 4.27. The fraction of sp³-hybridized carbons (Fsp3) is 0.647. The van der Waals surface area contributed by atoms with Gasteiger partial charge in [-0.25, -0.2) is 0 Å². The van der Waals surface area contributed by atoms with E-state index >= 15 is 0 Å². The predicted octanol–water partition coefficient (Wildman–Crippen LogP) is 5.21. The van der Waals surface area contributed by atoms with Gasteiger partial charge in [0, 0.05) is 0 Å². The standard InChI is InChI=1S/C17H24/c1-14-7-3-4-8-16(14)15-9-12-17(13-15)10-5-2-6-11-17/h3-4,7-8,15H,2,5-6,9-13H2,1H3. The molecular formula is C17H24. The molecule has 2 saturated carbocycles. The summed E-state index contributed by atoms with van der Waals surface area (Å²) in [6.07, 6.45) is 11.9. The molecule has 2 aliphatic carbocycles. The van der Waals surface area contributed by atoms with Crippen LogP contribution in [-0.2, 0) is 0 Å². The van der Waals surface area contributed by atoms with Crippen LogP contribution in [0.2, 0.25) is 0 Å². The van der Waals surface area contributed by atoms with Crippen LogP contribution in [-0.4, -0.2) is 0 Å². The highest BCUT2D eigenvalue weighted by Crippen LogP contribution is 2.54. The molecule has 0 heteroatoms. The third-order valence-electron chi connectivity index (χ3n) is 5.25. The SMILES string of the molecule is Cc1ccccc1C1CCC2(CCCCC2)C1. The third kappa shape index (κ3) is 2.14. The Hall–Kier alpha value is -0.780. The van der Waals surface area contributed by atoms with Gasteiger partial charge >= 0.3 is 0 Å². The maximum absolute atomic E-state index is 2.36. The minimum absolute atomic E-state index is 0.741. The maximum atomic E-state index is 2.36. The Labute approximate surface area is 105 Å². The van der Waals surface area contributed by atoms with Gasteiger partial charge in [0.05, 0.1) is 0 Å². The Morgan fingerprint density at radius 3 is 2.53 bits per heavy atom. The second kappa shape index (κ2) is 4.48. The van der Waals surface area contributed by atoms with Crippen molar-refractivity contribution in [3.8, 4) is 0 Å². The quantitative estimate of drug-likeness (QED) is 0.618. The summed E-state index contributed by atoms with van der Waals surface area (Å²) in [7, 11) is 0. The Balaban J connectivity index is 1.77. The van der Waals surface area contributed by atoms with E-state index in [-0.39, 0.29) is 0 Å². The monoisotopic (exact) mass is 228 g/mol.